The topological polar surface area (TPSA) is 84.7 Å². The highest BCUT2D eigenvalue weighted by molar-refractivity contribution is 5.96. The van der Waals surface area contributed by atoms with E-state index in [1.54, 1.807) is 6.92 Å². The number of urea groups is 1. The molecular weight excluding hydrogens is 210 g/mol. The van der Waals surface area contributed by atoms with Crippen molar-refractivity contribution < 1.29 is 14.3 Å². The molecule has 0 spiro atoms. The maximum absolute atomic E-state index is 11.6. The van der Waals surface area contributed by atoms with Gasteiger partial charge in [-0.25, -0.2) is 4.79 Å². The highest BCUT2D eigenvalue weighted by Crippen LogP contribution is 2.13. The van der Waals surface area contributed by atoms with Crippen LogP contribution in [0.5, 0.6) is 0 Å². The lowest BCUT2D eigenvalue weighted by Crippen LogP contribution is -2.55. The maximum Gasteiger partial charge on any atom is 0.318 e. The lowest BCUT2D eigenvalue weighted by molar-refractivity contribution is -0.130. The number of carbonyl (C=O) groups excluding carboxylic acids is 2. The van der Waals surface area contributed by atoms with Gasteiger partial charge in [-0.2, -0.15) is 0 Å². The summed E-state index contributed by atoms with van der Waals surface area (Å²) >= 11 is 0. The number of morpholine rings is 1. The van der Waals surface area contributed by atoms with E-state index in [-0.39, 0.29) is 24.2 Å². The predicted octanol–water partition coefficient (Wildman–Crippen LogP) is -0.321. The number of rotatable bonds is 2. The van der Waals surface area contributed by atoms with Crippen LogP contribution in [-0.2, 0) is 9.53 Å². The molecule has 1 heterocycles. The molecule has 1 fully saturated rings. The molecule has 1 aliphatic heterocycles. The minimum Gasteiger partial charge on any atom is -0.373 e. The van der Waals surface area contributed by atoms with Gasteiger partial charge in [0.1, 0.15) is 0 Å². The van der Waals surface area contributed by atoms with Gasteiger partial charge in [-0.05, 0) is 20.8 Å². The van der Waals surface area contributed by atoms with Gasteiger partial charge in [-0.3, -0.25) is 15.0 Å². The number of nitrogens with two attached hydrogens (primary N) is 1. The second-order valence-electron chi connectivity index (χ2n) is 4.24. The first-order valence-corrected chi connectivity index (χ1v) is 5.40. The Bertz CT molecular complexity index is 272. The van der Waals surface area contributed by atoms with Gasteiger partial charge in [0.2, 0.25) is 5.91 Å². The summed E-state index contributed by atoms with van der Waals surface area (Å²) in [5, 5.41) is 2.09. The van der Waals surface area contributed by atoms with Crippen molar-refractivity contribution in [1.82, 2.24) is 10.2 Å². The summed E-state index contributed by atoms with van der Waals surface area (Å²) in [7, 11) is 0. The molecule has 0 aromatic carbocycles. The van der Waals surface area contributed by atoms with Crippen LogP contribution in [0.1, 0.15) is 20.8 Å². The number of hydrogen-bond donors (Lipinski definition) is 2. The fourth-order valence-electron chi connectivity index (χ4n) is 1.93. The summed E-state index contributed by atoms with van der Waals surface area (Å²) in [6.45, 7) is 7.03. The van der Waals surface area contributed by atoms with Gasteiger partial charge in [0, 0.05) is 13.1 Å². The molecule has 0 aliphatic carbocycles. The molecule has 6 nitrogen and oxygen atoms in total. The molecule has 0 saturated carbocycles. The Hall–Kier alpha value is -1.14. The zero-order chi connectivity index (χ0) is 12.3. The molecule has 1 saturated heterocycles. The first-order valence-electron chi connectivity index (χ1n) is 5.40. The van der Waals surface area contributed by atoms with Crippen molar-refractivity contribution in [2.45, 2.75) is 39.0 Å². The highest BCUT2D eigenvalue weighted by atomic mass is 16.5. The Morgan fingerprint density at radius 3 is 2.31 bits per heavy atom. The number of primary amides is 1. The third kappa shape index (κ3) is 3.46. The Labute approximate surface area is 95.1 Å². The van der Waals surface area contributed by atoms with Gasteiger partial charge in [0.05, 0.1) is 18.2 Å². The Kier molecular flexibility index (Phi) is 4.26. The van der Waals surface area contributed by atoms with Crippen LogP contribution in [0.2, 0.25) is 0 Å². The third-order valence-corrected chi connectivity index (χ3v) is 2.62. The lowest BCUT2D eigenvalue weighted by Gasteiger charge is -2.38. The van der Waals surface area contributed by atoms with Crippen molar-refractivity contribution in [1.29, 1.82) is 0 Å². The molecule has 16 heavy (non-hydrogen) atoms. The van der Waals surface area contributed by atoms with Crippen molar-refractivity contribution in [2.75, 3.05) is 13.1 Å². The molecule has 0 radical (unpaired) electrons. The normalized spacial score (nSPS) is 28.4. The fraction of sp³-hybridized carbons (Fsp3) is 0.800. The zero-order valence-electron chi connectivity index (χ0n) is 9.90. The van der Waals surface area contributed by atoms with E-state index in [0.717, 1.165) is 0 Å². The van der Waals surface area contributed by atoms with Crippen LogP contribution in [0, 0.1) is 0 Å². The Morgan fingerprint density at radius 1 is 1.38 bits per heavy atom. The first kappa shape index (κ1) is 12.9. The Balaban J connectivity index is 2.55. The standard InChI is InChI=1S/C10H19N3O3/c1-6-4-13(5-7(2)16-6)8(3)9(14)12-10(11)15/h6-8H,4-5H2,1-3H3,(H3,11,12,14,15)/t6-,7-,8+/m1/s1. The van der Waals surface area contributed by atoms with E-state index in [4.69, 9.17) is 10.5 Å². The van der Waals surface area contributed by atoms with E-state index >= 15 is 0 Å². The highest BCUT2D eigenvalue weighted by Gasteiger charge is 2.29. The number of hydrogen-bond acceptors (Lipinski definition) is 4. The molecule has 92 valence electrons. The van der Waals surface area contributed by atoms with E-state index in [1.807, 2.05) is 18.7 Å². The van der Waals surface area contributed by atoms with E-state index in [1.165, 1.54) is 0 Å². The third-order valence-electron chi connectivity index (χ3n) is 2.62. The van der Waals surface area contributed by atoms with Gasteiger partial charge >= 0.3 is 6.03 Å². The smallest absolute Gasteiger partial charge is 0.318 e. The van der Waals surface area contributed by atoms with Gasteiger partial charge in [0.25, 0.3) is 0 Å². The van der Waals surface area contributed by atoms with Gasteiger partial charge in [-0.1, -0.05) is 0 Å². The van der Waals surface area contributed by atoms with E-state index < -0.39 is 6.03 Å². The van der Waals surface area contributed by atoms with Crippen LogP contribution >= 0.6 is 0 Å². The zero-order valence-corrected chi connectivity index (χ0v) is 9.90. The van der Waals surface area contributed by atoms with Crippen LogP contribution in [0.3, 0.4) is 0 Å². The minimum atomic E-state index is -0.814. The molecule has 3 amide bonds. The number of nitrogens with one attached hydrogen (secondary N) is 1. The number of carbonyl (C=O) groups is 2. The Morgan fingerprint density at radius 2 is 1.88 bits per heavy atom. The second-order valence-corrected chi connectivity index (χ2v) is 4.24. The molecular formula is C10H19N3O3. The molecule has 1 rings (SSSR count). The molecule has 0 aromatic rings. The van der Waals surface area contributed by atoms with Crippen molar-refractivity contribution in [3.63, 3.8) is 0 Å². The number of nitrogens with zero attached hydrogens (tertiary/aromatic N) is 1. The molecule has 1 aliphatic rings. The summed E-state index contributed by atoms with van der Waals surface area (Å²) in [6.07, 6.45) is 0.181. The summed E-state index contributed by atoms with van der Waals surface area (Å²) < 4.78 is 5.56. The van der Waals surface area contributed by atoms with Gasteiger partial charge < -0.3 is 10.5 Å². The van der Waals surface area contributed by atoms with Crippen LogP contribution < -0.4 is 11.1 Å². The van der Waals surface area contributed by atoms with E-state index in [0.29, 0.717) is 13.1 Å². The SMILES string of the molecule is C[C@@H]1CN([C@@H](C)C(=O)NC(N)=O)C[C@@H](C)O1. The van der Waals surface area contributed by atoms with Gasteiger partial charge in [-0.15, -0.1) is 0 Å². The molecule has 3 atom stereocenters. The molecule has 0 unspecified atom stereocenters. The van der Waals surface area contributed by atoms with Crippen LogP contribution in [0.25, 0.3) is 0 Å². The van der Waals surface area contributed by atoms with Crippen molar-refractivity contribution in [3.05, 3.63) is 0 Å². The summed E-state index contributed by atoms with van der Waals surface area (Å²) in [4.78, 5) is 24.1. The van der Waals surface area contributed by atoms with E-state index in [2.05, 4.69) is 5.32 Å². The van der Waals surface area contributed by atoms with Gasteiger partial charge in [0.15, 0.2) is 0 Å². The number of imide groups is 1. The van der Waals surface area contributed by atoms with Crippen molar-refractivity contribution >= 4 is 11.9 Å². The summed E-state index contributed by atoms with van der Waals surface area (Å²) in [5.41, 5.74) is 4.90. The van der Waals surface area contributed by atoms with E-state index in [9.17, 15) is 9.59 Å². The molecule has 6 heteroatoms. The van der Waals surface area contributed by atoms with Crippen LogP contribution in [0.4, 0.5) is 4.79 Å². The first-order chi connectivity index (χ1) is 7.40. The van der Waals surface area contributed by atoms with Crippen LogP contribution in [0.15, 0.2) is 0 Å². The summed E-state index contributed by atoms with van der Waals surface area (Å²) in [5.74, 6) is -0.367. The molecule has 0 aromatic heterocycles. The van der Waals surface area contributed by atoms with Crippen molar-refractivity contribution in [2.24, 2.45) is 5.73 Å². The predicted molar refractivity (Wildman–Crippen MR) is 58.8 cm³/mol. The quantitative estimate of drug-likeness (QED) is 0.679. The summed E-state index contributed by atoms with van der Waals surface area (Å²) in [6, 6.07) is -1.19. The van der Waals surface area contributed by atoms with Crippen molar-refractivity contribution in [3.8, 4) is 0 Å². The number of ether oxygens (including phenoxy) is 1. The van der Waals surface area contributed by atoms with Crippen LogP contribution in [-0.4, -0.2) is 48.2 Å². The average Bonchev–Trinajstić information content (AvgIpc) is 2.13. The molecule has 0 bridgehead atoms. The lowest BCUT2D eigenvalue weighted by atomic mass is 10.1. The largest absolute Gasteiger partial charge is 0.373 e. The second kappa shape index (κ2) is 5.27. The average molecular weight is 229 g/mol. The fourth-order valence-corrected chi connectivity index (χ4v) is 1.93. The molecule has 3 N–H and O–H groups in total. The number of amides is 3. The monoisotopic (exact) mass is 229 g/mol. The minimum absolute atomic E-state index is 0.0904. The maximum atomic E-state index is 11.6.